The fourth-order valence-corrected chi connectivity index (χ4v) is 4.01. The van der Waals surface area contributed by atoms with Gasteiger partial charge in [-0.25, -0.2) is 9.40 Å². The normalized spacial score (nSPS) is 19.8. The van der Waals surface area contributed by atoms with Gasteiger partial charge in [0, 0.05) is 23.1 Å². The van der Waals surface area contributed by atoms with Crippen LogP contribution in [0.15, 0.2) is 71.8 Å². The molecule has 0 fully saturated rings. The SMILES string of the molecule is COc1cccc(C2=NN3[C@H](C2)c2ccccc2O[C@H]3c2ccc(Cl)c(F)c2)c1. The van der Waals surface area contributed by atoms with Gasteiger partial charge in [0.05, 0.1) is 23.9 Å². The third-order valence-corrected chi connectivity index (χ3v) is 5.64. The minimum absolute atomic E-state index is 0.00453. The molecule has 0 bridgehead atoms. The second-order valence-electron chi connectivity index (χ2n) is 7.06. The van der Waals surface area contributed by atoms with E-state index in [-0.39, 0.29) is 11.1 Å². The van der Waals surface area contributed by atoms with Crippen molar-refractivity contribution in [3.8, 4) is 11.5 Å². The first-order chi connectivity index (χ1) is 14.1. The zero-order chi connectivity index (χ0) is 20.0. The number of hydrazone groups is 1. The van der Waals surface area contributed by atoms with E-state index in [1.807, 2.05) is 47.5 Å². The number of fused-ring (bicyclic) bond motifs is 3. The van der Waals surface area contributed by atoms with E-state index in [0.29, 0.717) is 5.56 Å². The van der Waals surface area contributed by atoms with Crippen LogP contribution in [-0.2, 0) is 0 Å². The number of hydrogen-bond donors (Lipinski definition) is 0. The van der Waals surface area contributed by atoms with Crippen molar-refractivity contribution in [2.45, 2.75) is 18.7 Å². The highest BCUT2D eigenvalue weighted by Crippen LogP contribution is 2.47. The van der Waals surface area contributed by atoms with Crippen LogP contribution < -0.4 is 9.47 Å². The molecular formula is C23H18ClFN2O2. The second kappa shape index (κ2) is 7.08. The topological polar surface area (TPSA) is 34.1 Å². The van der Waals surface area contributed by atoms with Crippen molar-refractivity contribution in [3.05, 3.63) is 94.3 Å². The summed E-state index contributed by atoms with van der Waals surface area (Å²) in [7, 11) is 1.65. The molecule has 0 aromatic heterocycles. The first-order valence-corrected chi connectivity index (χ1v) is 9.72. The van der Waals surface area contributed by atoms with Gasteiger partial charge in [0.2, 0.25) is 6.23 Å². The molecule has 2 aliphatic heterocycles. The standard InChI is InChI=1S/C23H18ClFN2O2/c1-28-16-6-4-5-14(11-16)20-13-21-17-7-2-3-8-22(17)29-23(27(21)26-20)15-9-10-18(24)19(25)12-15/h2-12,21,23H,13H2,1H3/t21-,23+/m1/s1. The highest BCUT2D eigenvalue weighted by atomic mass is 35.5. The Balaban J connectivity index is 1.59. The van der Waals surface area contributed by atoms with Gasteiger partial charge in [-0.1, -0.05) is 48.0 Å². The number of nitrogens with zero attached hydrogens (tertiary/aromatic N) is 2. The van der Waals surface area contributed by atoms with Crippen molar-refractivity contribution < 1.29 is 13.9 Å². The van der Waals surface area contributed by atoms with E-state index in [9.17, 15) is 4.39 Å². The van der Waals surface area contributed by atoms with Crippen LogP contribution >= 0.6 is 11.6 Å². The van der Waals surface area contributed by atoms with Gasteiger partial charge in [0.25, 0.3) is 0 Å². The molecule has 3 aromatic carbocycles. The van der Waals surface area contributed by atoms with E-state index in [4.69, 9.17) is 26.2 Å². The van der Waals surface area contributed by atoms with E-state index in [1.165, 1.54) is 6.07 Å². The molecular weight excluding hydrogens is 391 g/mol. The number of para-hydroxylation sites is 1. The largest absolute Gasteiger partial charge is 0.497 e. The van der Waals surface area contributed by atoms with Crippen molar-refractivity contribution in [3.63, 3.8) is 0 Å². The molecule has 0 saturated carbocycles. The monoisotopic (exact) mass is 408 g/mol. The van der Waals surface area contributed by atoms with Gasteiger partial charge in [-0.05, 0) is 30.3 Å². The lowest BCUT2D eigenvalue weighted by Crippen LogP contribution is -2.33. The highest BCUT2D eigenvalue weighted by Gasteiger charge is 2.41. The smallest absolute Gasteiger partial charge is 0.213 e. The minimum atomic E-state index is -0.537. The fourth-order valence-electron chi connectivity index (χ4n) is 3.90. The lowest BCUT2D eigenvalue weighted by Gasteiger charge is -2.38. The van der Waals surface area contributed by atoms with Gasteiger partial charge < -0.3 is 9.47 Å². The molecule has 2 atom stereocenters. The molecule has 0 amide bonds. The Morgan fingerprint density at radius 1 is 1.10 bits per heavy atom. The van der Waals surface area contributed by atoms with Crippen molar-refractivity contribution in [2.75, 3.05) is 7.11 Å². The quantitative estimate of drug-likeness (QED) is 0.555. The third-order valence-electron chi connectivity index (χ3n) is 5.33. The molecule has 0 aliphatic carbocycles. The first kappa shape index (κ1) is 18.0. The van der Waals surface area contributed by atoms with Crippen molar-refractivity contribution in [2.24, 2.45) is 5.10 Å². The van der Waals surface area contributed by atoms with E-state index in [2.05, 4.69) is 6.07 Å². The summed E-state index contributed by atoms with van der Waals surface area (Å²) in [5.74, 6) is 1.10. The van der Waals surface area contributed by atoms with Gasteiger partial charge in [-0.2, -0.15) is 5.10 Å². The second-order valence-corrected chi connectivity index (χ2v) is 7.47. The van der Waals surface area contributed by atoms with E-state index in [1.54, 1.807) is 19.2 Å². The van der Waals surface area contributed by atoms with Gasteiger partial charge >= 0.3 is 0 Å². The Hall–Kier alpha value is -3.05. The van der Waals surface area contributed by atoms with Crippen LogP contribution in [-0.4, -0.2) is 17.8 Å². The van der Waals surface area contributed by atoms with Crippen LogP contribution in [0.4, 0.5) is 4.39 Å². The molecule has 4 nitrogen and oxygen atoms in total. The zero-order valence-electron chi connectivity index (χ0n) is 15.7. The molecule has 0 saturated heterocycles. The predicted molar refractivity (Wildman–Crippen MR) is 110 cm³/mol. The third kappa shape index (κ3) is 3.12. The van der Waals surface area contributed by atoms with Crippen molar-refractivity contribution >= 4 is 17.3 Å². The molecule has 0 unspecified atom stereocenters. The number of rotatable bonds is 3. The zero-order valence-corrected chi connectivity index (χ0v) is 16.4. The summed E-state index contributed by atoms with van der Waals surface area (Å²) in [5, 5.41) is 6.88. The van der Waals surface area contributed by atoms with E-state index < -0.39 is 12.0 Å². The maximum atomic E-state index is 14.1. The lowest BCUT2D eigenvalue weighted by atomic mass is 9.96. The average Bonchev–Trinajstić information content (AvgIpc) is 3.21. The van der Waals surface area contributed by atoms with Crippen LogP contribution in [0.3, 0.4) is 0 Å². The molecule has 29 heavy (non-hydrogen) atoms. The first-order valence-electron chi connectivity index (χ1n) is 9.35. The van der Waals surface area contributed by atoms with Gasteiger partial charge in [-0.3, -0.25) is 0 Å². The van der Waals surface area contributed by atoms with Gasteiger partial charge in [0.15, 0.2) is 0 Å². The Bertz CT molecular complexity index is 1120. The number of methoxy groups -OCH3 is 1. The van der Waals surface area contributed by atoms with E-state index in [0.717, 1.165) is 34.8 Å². The number of ether oxygens (including phenoxy) is 2. The number of halogens is 2. The maximum absolute atomic E-state index is 14.1. The molecule has 2 heterocycles. The van der Waals surface area contributed by atoms with Gasteiger partial charge in [-0.15, -0.1) is 0 Å². The van der Waals surface area contributed by atoms with Crippen LogP contribution in [0.25, 0.3) is 0 Å². The molecule has 3 aromatic rings. The Kier molecular flexibility index (Phi) is 4.40. The molecule has 0 radical (unpaired) electrons. The summed E-state index contributed by atoms with van der Waals surface area (Å²) in [6, 6.07) is 20.5. The Labute approximate surface area is 173 Å². The molecule has 0 N–H and O–H groups in total. The maximum Gasteiger partial charge on any atom is 0.213 e. The summed E-state index contributed by atoms with van der Waals surface area (Å²) in [6.45, 7) is 0. The molecule has 2 aliphatic rings. The molecule has 5 rings (SSSR count). The fraction of sp³-hybridized carbons (Fsp3) is 0.174. The predicted octanol–water partition coefficient (Wildman–Crippen LogP) is 5.73. The van der Waals surface area contributed by atoms with Crippen LogP contribution in [0.2, 0.25) is 5.02 Å². The molecule has 0 spiro atoms. The van der Waals surface area contributed by atoms with E-state index >= 15 is 0 Å². The Morgan fingerprint density at radius 3 is 2.79 bits per heavy atom. The Morgan fingerprint density at radius 2 is 1.97 bits per heavy atom. The summed E-state index contributed by atoms with van der Waals surface area (Å²) in [6.07, 6.45) is 0.185. The van der Waals surface area contributed by atoms with Crippen molar-refractivity contribution in [1.82, 2.24) is 5.01 Å². The highest BCUT2D eigenvalue weighted by molar-refractivity contribution is 6.30. The number of benzene rings is 3. The summed E-state index contributed by atoms with van der Waals surface area (Å²) in [4.78, 5) is 0. The summed E-state index contributed by atoms with van der Waals surface area (Å²) in [5.41, 5.74) is 3.67. The van der Waals surface area contributed by atoms with Crippen LogP contribution in [0, 0.1) is 5.82 Å². The van der Waals surface area contributed by atoms with Crippen molar-refractivity contribution in [1.29, 1.82) is 0 Å². The van der Waals surface area contributed by atoms with Crippen LogP contribution in [0.1, 0.15) is 35.4 Å². The average molecular weight is 409 g/mol. The summed E-state index contributed by atoms with van der Waals surface area (Å²) < 4.78 is 25.7. The lowest BCUT2D eigenvalue weighted by molar-refractivity contribution is -0.0192. The number of hydrogen-bond acceptors (Lipinski definition) is 4. The van der Waals surface area contributed by atoms with Crippen LogP contribution in [0.5, 0.6) is 11.5 Å². The minimum Gasteiger partial charge on any atom is -0.497 e. The molecule has 146 valence electrons. The summed E-state index contributed by atoms with van der Waals surface area (Å²) >= 11 is 5.87. The van der Waals surface area contributed by atoms with Gasteiger partial charge in [0.1, 0.15) is 17.3 Å². The molecule has 6 heteroatoms.